The number of allylic oxidation sites excluding steroid dienone is 1. The molecule has 0 unspecified atom stereocenters. The zero-order chi connectivity index (χ0) is 12.2. The van der Waals surface area contributed by atoms with E-state index in [1.807, 2.05) is 6.92 Å². The molecule has 4 nitrogen and oxygen atoms in total. The van der Waals surface area contributed by atoms with Crippen LogP contribution < -0.4 is 0 Å². The molecule has 4 heteroatoms. The Morgan fingerprint density at radius 3 is 2.06 bits per heavy atom. The van der Waals surface area contributed by atoms with Gasteiger partial charge in [0.1, 0.15) is 13.2 Å². The van der Waals surface area contributed by atoms with Crippen LogP contribution in [0.15, 0.2) is 11.6 Å². The molecule has 0 bridgehead atoms. The Bertz CT molecular complexity index is 299. The summed E-state index contributed by atoms with van der Waals surface area (Å²) in [6.07, 6.45) is 3.88. The molecular formula is C12H18O4. The van der Waals surface area contributed by atoms with E-state index in [4.69, 9.17) is 9.47 Å². The van der Waals surface area contributed by atoms with Gasteiger partial charge in [0.05, 0.1) is 5.41 Å². The summed E-state index contributed by atoms with van der Waals surface area (Å²) in [6, 6.07) is 0. The lowest BCUT2D eigenvalue weighted by Crippen LogP contribution is -2.30. The Labute approximate surface area is 95.6 Å². The lowest BCUT2D eigenvalue weighted by atomic mass is 9.90. The van der Waals surface area contributed by atoms with Crippen LogP contribution in [0.25, 0.3) is 0 Å². The molecule has 0 aromatic heterocycles. The largest absolute Gasteiger partial charge is 0.465 e. The van der Waals surface area contributed by atoms with Crippen LogP contribution in [0.4, 0.5) is 0 Å². The Hall–Kier alpha value is -1.32. The molecule has 0 atom stereocenters. The van der Waals surface area contributed by atoms with E-state index in [-0.39, 0.29) is 30.6 Å². The van der Waals surface area contributed by atoms with E-state index in [0.717, 1.165) is 12.8 Å². The van der Waals surface area contributed by atoms with Gasteiger partial charge < -0.3 is 9.47 Å². The summed E-state index contributed by atoms with van der Waals surface area (Å²) in [5, 5.41) is 0. The fourth-order valence-corrected chi connectivity index (χ4v) is 1.87. The number of hydrogen-bond donors (Lipinski definition) is 0. The van der Waals surface area contributed by atoms with Gasteiger partial charge in [-0.15, -0.1) is 0 Å². The van der Waals surface area contributed by atoms with Crippen molar-refractivity contribution in [3.63, 3.8) is 0 Å². The number of hydrogen-bond acceptors (Lipinski definition) is 4. The van der Waals surface area contributed by atoms with Crippen LogP contribution in [0.3, 0.4) is 0 Å². The highest BCUT2D eigenvalue weighted by Crippen LogP contribution is 2.36. The highest BCUT2D eigenvalue weighted by molar-refractivity contribution is 5.66. The van der Waals surface area contributed by atoms with Gasteiger partial charge in [-0.25, -0.2) is 0 Å². The van der Waals surface area contributed by atoms with Crippen molar-refractivity contribution in [1.82, 2.24) is 0 Å². The van der Waals surface area contributed by atoms with Gasteiger partial charge in [0.2, 0.25) is 0 Å². The normalized spacial score (nSPS) is 17.8. The van der Waals surface area contributed by atoms with E-state index >= 15 is 0 Å². The summed E-state index contributed by atoms with van der Waals surface area (Å²) in [5.41, 5.74) is 0.931. The van der Waals surface area contributed by atoms with Crippen LogP contribution in [-0.4, -0.2) is 25.2 Å². The van der Waals surface area contributed by atoms with Crippen LogP contribution in [0.5, 0.6) is 0 Å². The second-order valence-corrected chi connectivity index (χ2v) is 4.41. The average molecular weight is 226 g/mol. The van der Waals surface area contributed by atoms with Crippen molar-refractivity contribution >= 4 is 11.9 Å². The summed E-state index contributed by atoms with van der Waals surface area (Å²) in [6.45, 7) is 5.36. The minimum Gasteiger partial charge on any atom is -0.465 e. The third-order valence-corrected chi connectivity index (χ3v) is 2.70. The molecule has 16 heavy (non-hydrogen) atoms. The summed E-state index contributed by atoms with van der Waals surface area (Å²) in [4.78, 5) is 21.6. The molecular weight excluding hydrogens is 208 g/mol. The number of rotatable bonds is 4. The van der Waals surface area contributed by atoms with Crippen molar-refractivity contribution in [3.05, 3.63) is 11.6 Å². The first-order valence-corrected chi connectivity index (χ1v) is 5.39. The van der Waals surface area contributed by atoms with Crippen LogP contribution in [0.1, 0.15) is 33.6 Å². The second kappa shape index (κ2) is 5.14. The molecule has 0 aliphatic heterocycles. The van der Waals surface area contributed by atoms with Crippen LogP contribution >= 0.6 is 0 Å². The maximum Gasteiger partial charge on any atom is 0.302 e. The summed E-state index contributed by atoms with van der Waals surface area (Å²) in [5.74, 6) is -0.611. The monoisotopic (exact) mass is 226 g/mol. The minimum atomic E-state index is -0.318. The van der Waals surface area contributed by atoms with Crippen LogP contribution in [0, 0.1) is 5.41 Å². The standard InChI is InChI=1S/C12H18O4/c1-9-4-5-12(6-9,7-15-10(2)13)8-16-11(3)14/h6H,4-5,7-8H2,1-3H3. The Balaban J connectivity index is 2.62. The molecule has 0 amide bonds. The van der Waals surface area contributed by atoms with Crippen LogP contribution in [-0.2, 0) is 19.1 Å². The maximum absolute atomic E-state index is 10.8. The molecule has 1 rings (SSSR count). The van der Waals surface area contributed by atoms with Gasteiger partial charge in [0.15, 0.2) is 0 Å². The topological polar surface area (TPSA) is 52.6 Å². The van der Waals surface area contributed by atoms with Gasteiger partial charge in [-0.3, -0.25) is 9.59 Å². The Kier molecular flexibility index (Phi) is 4.10. The number of carbonyl (C=O) groups excluding carboxylic acids is 2. The maximum atomic E-state index is 10.8. The minimum absolute atomic E-state index is 0.285. The van der Waals surface area contributed by atoms with E-state index in [1.165, 1.54) is 19.4 Å². The zero-order valence-electron chi connectivity index (χ0n) is 10.0. The molecule has 0 radical (unpaired) electrons. The summed E-state index contributed by atoms with van der Waals surface area (Å²) in [7, 11) is 0. The smallest absolute Gasteiger partial charge is 0.302 e. The highest BCUT2D eigenvalue weighted by atomic mass is 16.5. The van der Waals surface area contributed by atoms with Crippen molar-refractivity contribution in [2.24, 2.45) is 5.41 Å². The van der Waals surface area contributed by atoms with E-state index < -0.39 is 0 Å². The van der Waals surface area contributed by atoms with Crippen molar-refractivity contribution in [2.75, 3.05) is 13.2 Å². The fraction of sp³-hybridized carbons (Fsp3) is 0.667. The van der Waals surface area contributed by atoms with Crippen molar-refractivity contribution < 1.29 is 19.1 Å². The number of ether oxygens (including phenoxy) is 2. The molecule has 0 aromatic rings. The van der Waals surface area contributed by atoms with Crippen LogP contribution in [0.2, 0.25) is 0 Å². The summed E-state index contributed by atoms with van der Waals surface area (Å²) >= 11 is 0. The molecule has 0 aromatic carbocycles. The predicted octanol–water partition coefficient (Wildman–Crippen LogP) is 1.84. The molecule has 0 spiro atoms. The lowest BCUT2D eigenvalue weighted by Gasteiger charge is -2.25. The van der Waals surface area contributed by atoms with Gasteiger partial charge in [0.25, 0.3) is 0 Å². The first kappa shape index (κ1) is 12.7. The fourth-order valence-electron chi connectivity index (χ4n) is 1.87. The van der Waals surface area contributed by atoms with Gasteiger partial charge in [-0.1, -0.05) is 11.6 Å². The molecule has 1 aliphatic rings. The van der Waals surface area contributed by atoms with Crippen molar-refractivity contribution in [2.45, 2.75) is 33.6 Å². The molecule has 1 aliphatic carbocycles. The van der Waals surface area contributed by atoms with Gasteiger partial charge in [-0.05, 0) is 19.8 Å². The number of esters is 2. The zero-order valence-corrected chi connectivity index (χ0v) is 10.0. The van der Waals surface area contributed by atoms with Gasteiger partial charge in [-0.2, -0.15) is 0 Å². The van der Waals surface area contributed by atoms with Crippen molar-refractivity contribution in [3.8, 4) is 0 Å². The molecule has 0 N–H and O–H groups in total. The Morgan fingerprint density at radius 1 is 1.25 bits per heavy atom. The molecule has 90 valence electrons. The van der Waals surface area contributed by atoms with E-state index in [0.29, 0.717) is 0 Å². The molecule has 0 fully saturated rings. The Morgan fingerprint density at radius 2 is 1.75 bits per heavy atom. The molecule has 0 saturated heterocycles. The second-order valence-electron chi connectivity index (χ2n) is 4.41. The van der Waals surface area contributed by atoms with E-state index in [2.05, 4.69) is 6.08 Å². The lowest BCUT2D eigenvalue weighted by molar-refractivity contribution is -0.149. The average Bonchev–Trinajstić information content (AvgIpc) is 2.55. The first-order valence-electron chi connectivity index (χ1n) is 5.39. The predicted molar refractivity (Wildman–Crippen MR) is 58.7 cm³/mol. The van der Waals surface area contributed by atoms with Gasteiger partial charge >= 0.3 is 11.9 Å². The van der Waals surface area contributed by atoms with Gasteiger partial charge in [0, 0.05) is 13.8 Å². The number of carbonyl (C=O) groups is 2. The van der Waals surface area contributed by atoms with E-state index in [1.54, 1.807) is 0 Å². The molecule has 0 heterocycles. The quantitative estimate of drug-likeness (QED) is 0.542. The first-order chi connectivity index (χ1) is 7.43. The van der Waals surface area contributed by atoms with E-state index in [9.17, 15) is 9.59 Å². The van der Waals surface area contributed by atoms with Crippen molar-refractivity contribution in [1.29, 1.82) is 0 Å². The third kappa shape index (κ3) is 3.68. The third-order valence-electron chi connectivity index (χ3n) is 2.70. The SMILES string of the molecule is CC(=O)OCC1(COC(C)=O)C=C(C)CC1. The summed E-state index contributed by atoms with van der Waals surface area (Å²) < 4.78 is 10.1. The highest BCUT2D eigenvalue weighted by Gasteiger charge is 2.34. The molecule has 0 saturated carbocycles.